The lowest BCUT2D eigenvalue weighted by Crippen LogP contribution is -2.24. The first-order chi connectivity index (χ1) is 9.57. The second-order valence-corrected chi connectivity index (χ2v) is 4.15. The number of aliphatic carboxylic acids is 1. The molecule has 0 saturated heterocycles. The summed E-state index contributed by atoms with van der Waals surface area (Å²) in [5.74, 6) is 0.769. The van der Waals surface area contributed by atoms with Gasteiger partial charge in [0.2, 0.25) is 0 Å². The average Bonchev–Trinajstić information content (AvgIpc) is 2.44. The third kappa shape index (κ3) is 3.77. The molecule has 0 radical (unpaired) electrons. The summed E-state index contributed by atoms with van der Waals surface area (Å²) in [6.07, 6.45) is -0.0626. The Morgan fingerprint density at radius 3 is 2.10 bits per heavy atom. The van der Waals surface area contributed by atoms with Crippen molar-refractivity contribution < 1.29 is 24.1 Å². The molecule has 0 aliphatic carbocycles. The quantitative estimate of drug-likeness (QED) is 0.758. The minimum Gasteiger partial charge on any atom is -0.496 e. The van der Waals surface area contributed by atoms with Crippen molar-refractivity contribution in [2.75, 3.05) is 27.9 Å². The maximum absolute atomic E-state index is 11.0. The molecule has 6 nitrogen and oxygen atoms in total. The molecule has 1 aromatic carbocycles. The highest BCUT2D eigenvalue weighted by molar-refractivity contribution is 5.69. The van der Waals surface area contributed by atoms with Crippen LogP contribution in [0.3, 0.4) is 0 Å². The molecular formula is C14H21NO5. The Bertz CT molecular complexity index is 436. The fourth-order valence-electron chi connectivity index (χ4n) is 2.07. The van der Waals surface area contributed by atoms with Gasteiger partial charge in [-0.1, -0.05) is 6.92 Å². The minimum absolute atomic E-state index is 0.0626. The molecule has 0 saturated carbocycles. The van der Waals surface area contributed by atoms with Crippen molar-refractivity contribution in [2.24, 2.45) is 0 Å². The molecule has 0 aliphatic heterocycles. The first-order valence-electron chi connectivity index (χ1n) is 6.32. The van der Waals surface area contributed by atoms with E-state index in [0.717, 1.165) is 0 Å². The number of carbonyl (C=O) groups is 1. The molecule has 0 aliphatic rings. The van der Waals surface area contributed by atoms with E-state index in [1.54, 1.807) is 19.2 Å². The van der Waals surface area contributed by atoms with Crippen LogP contribution in [0.15, 0.2) is 12.1 Å². The molecule has 1 rings (SSSR count). The Balaban J connectivity index is 3.32. The topological polar surface area (TPSA) is 77.0 Å². The molecule has 2 N–H and O–H groups in total. The van der Waals surface area contributed by atoms with Gasteiger partial charge in [0.25, 0.3) is 0 Å². The highest BCUT2D eigenvalue weighted by atomic mass is 16.5. The number of carboxylic acids is 1. The number of rotatable bonds is 8. The average molecular weight is 283 g/mol. The van der Waals surface area contributed by atoms with Gasteiger partial charge >= 0.3 is 5.97 Å². The van der Waals surface area contributed by atoms with Gasteiger partial charge in [0.05, 0.1) is 33.3 Å². The van der Waals surface area contributed by atoms with Gasteiger partial charge in [0.1, 0.15) is 17.2 Å². The van der Waals surface area contributed by atoms with Gasteiger partial charge in [0.15, 0.2) is 0 Å². The highest BCUT2D eigenvalue weighted by Crippen LogP contribution is 2.39. The van der Waals surface area contributed by atoms with Crippen molar-refractivity contribution in [3.8, 4) is 17.2 Å². The van der Waals surface area contributed by atoms with Crippen molar-refractivity contribution in [1.82, 2.24) is 5.32 Å². The molecule has 0 spiro atoms. The lowest BCUT2D eigenvalue weighted by Gasteiger charge is -2.22. The lowest BCUT2D eigenvalue weighted by atomic mass is 10.0. The van der Waals surface area contributed by atoms with Crippen LogP contribution in [0.4, 0.5) is 0 Å². The predicted molar refractivity (Wildman–Crippen MR) is 74.8 cm³/mol. The van der Waals surface area contributed by atoms with Gasteiger partial charge in [-0.2, -0.15) is 0 Å². The van der Waals surface area contributed by atoms with Crippen LogP contribution >= 0.6 is 0 Å². The Labute approximate surface area is 118 Å². The normalized spacial score (nSPS) is 11.8. The maximum Gasteiger partial charge on any atom is 0.305 e. The zero-order valence-corrected chi connectivity index (χ0v) is 12.2. The Kier molecular flexibility index (Phi) is 6.11. The van der Waals surface area contributed by atoms with E-state index in [0.29, 0.717) is 29.4 Å². The summed E-state index contributed by atoms with van der Waals surface area (Å²) in [6, 6.07) is 3.03. The molecule has 0 aromatic heterocycles. The first-order valence-corrected chi connectivity index (χ1v) is 6.32. The molecular weight excluding hydrogens is 262 g/mol. The summed E-state index contributed by atoms with van der Waals surface area (Å²) in [4.78, 5) is 11.0. The van der Waals surface area contributed by atoms with Crippen LogP contribution in [0.25, 0.3) is 0 Å². The lowest BCUT2D eigenvalue weighted by molar-refractivity contribution is -0.137. The third-order valence-electron chi connectivity index (χ3n) is 2.93. The van der Waals surface area contributed by atoms with E-state index in [4.69, 9.17) is 19.3 Å². The van der Waals surface area contributed by atoms with Gasteiger partial charge in [-0.25, -0.2) is 0 Å². The van der Waals surface area contributed by atoms with Crippen LogP contribution in [0, 0.1) is 0 Å². The second-order valence-electron chi connectivity index (χ2n) is 4.15. The molecule has 0 amide bonds. The number of ether oxygens (including phenoxy) is 3. The molecule has 1 aromatic rings. The van der Waals surface area contributed by atoms with Crippen molar-refractivity contribution in [3.05, 3.63) is 17.7 Å². The zero-order valence-electron chi connectivity index (χ0n) is 12.2. The van der Waals surface area contributed by atoms with Crippen molar-refractivity contribution >= 4 is 5.97 Å². The van der Waals surface area contributed by atoms with E-state index in [1.807, 2.05) is 6.92 Å². The SMILES string of the molecule is CCNC(CC(=O)O)c1c(OC)cc(OC)cc1OC. The van der Waals surface area contributed by atoms with Crippen molar-refractivity contribution in [1.29, 1.82) is 0 Å². The van der Waals surface area contributed by atoms with Crippen LogP contribution in [-0.2, 0) is 4.79 Å². The van der Waals surface area contributed by atoms with E-state index in [1.165, 1.54) is 14.2 Å². The van der Waals surface area contributed by atoms with Crippen LogP contribution in [0.1, 0.15) is 24.9 Å². The standard InChI is InChI=1S/C14H21NO5/c1-5-15-10(8-13(16)17)14-11(19-3)6-9(18-2)7-12(14)20-4/h6-7,10,15H,5,8H2,1-4H3,(H,16,17). The summed E-state index contributed by atoms with van der Waals surface area (Å²) in [5, 5.41) is 12.2. The van der Waals surface area contributed by atoms with Gasteiger partial charge in [-0.3, -0.25) is 4.79 Å². The molecule has 0 fully saturated rings. The van der Waals surface area contributed by atoms with Crippen molar-refractivity contribution in [2.45, 2.75) is 19.4 Å². The van der Waals surface area contributed by atoms with Gasteiger partial charge in [-0.05, 0) is 6.54 Å². The molecule has 112 valence electrons. The van der Waals surface area contributed by atoms with E-state index < -0.39 is 12.0 Å². The number of benzene rings is 1. The fraction of sp³-hybridized carbons (Fsp3) is 0.500. The number of carboxylic acid groups (broad SMARTS) is 1. The summed E-state index contributed by atoms with van der Waals surface area (Å²) in [5.41, 5.74) is 0.681. The van der Waals surface area contributed by atoms with Crippen LogP contribution < -0.4 is 19.5 Å². The molecule has 1 atom stereocenters. The summed E-state index contributed by atoms with van der Waals surface area (Å²) >= 11 is 0. The Morgan fingerprint density at radius 1 is 1.20 bits per heavy atom. The van der Waals surface area contributed by atoms with Crippen LogP contribution in [0.2, 0.25) is 0 Å². The van der Waals surface area contributed by atoms with E-state index in [2.05, 4.69) is 5.32 Å². The van der Waals surface area contributed by atoms with Gasteiger partial charge in [0, 0.05) is 18.2 Å². The summed E-state index contributed by atoms with van der Waals surface area (Å²) in [6.45, 7) is 2.55. The van der Waals surface area contributed by atoms with Gasteiger partial charge < -0.3 is 24.6 Å². The molecule has 20 heavy (non-hydrogen) atoms. The second kappa shape index (κ2) is 7.59. The number of methoxy groups -OCH3 is 3. The van der Waals surface area contributed by atoms with E-state index in [-0.39, 0.29) is 6.42 Å². The smallest absolute Gasteiger partial charge is 0.305 e. The Morgan fingerprint density at radius 2 is 1.75 bits per heavy atom. The fourth-order valence-corrected chi connectivity index (χ4v) is 2.07. The zero-order chi connectivity index (χ0) is 15.1. The summed E-state index contributed by atoms with van der Waals surface area (Å²) < 4.78 is 15.9. The predicted octanol–water partition coefficient (Wildman–Crippen LogP) is 1.84. The summed E-state index contributed by atoms with van der Waals surface area (Å²) in [7, 11) is 4.61. The number of hydrogen-bond donors (Lipinski definition) is 2. The van der Waals surface area contributed by atoms with E-state index >= 15 is 0 Å². The third-order valence-corrected chi connectivity index (χ3v) is 2.93. The van der Waals surface area contributed by atoms with Crippen LogP contribution in [0.5, 0.6) is 17.2 Å². The first kappa shape index (κ1) is 16.1. The molecule has 6 heteroatoms. The molecule has 1 unspecified atom stereocenters. The highest BCUT2D eigenvalue weighted by Gasteiger charge is 2.24. The number of nitrogens with one attached hydrogen (secondary N) is 1. The molecule has 0 bridgehead atoms. The maximum atomic E-state index is 11.0. The molecule has 0 heterocycles. The largest absolute Gasteiger partial charge is 0.496 e. The van der Waals surface area contributed by atoms with Crippen LogP contribution in [-0.4, -0.2) is 38.9 Å². The monoisotopic (exact) mass is 283 g/mol. The van der Waals surface area contributed by atoms with Crippen molar-refractivity contribution in [3.63, 3.8) is 0 Å². The minimum atomic E-state index is -0.893. The van der Waals surface area contributed by atoms with Gasteiger partial charge in [-0.15, -0.1) is 0 Å². The number of hydrogen-bond acceptors (Lipinski definition) is 5. The van der Waals surface area contributed by atoms with E-state index in [9.17, 15) is 4.79 Å². The Hall–Kier alpha value is -1.95.